The molecule has 134 valence electrons. The molecule has 0 N–H and O–H groups in total. The van der Waals surface area contributed by atoms with Crippen LogP contribution in [-0.4, -0.2) is 42.2 Å². The molecule has 1 aliphatic heterocycles. The number of hydrogen-bond acceptors (Lipinski definition) is 4. The zero-order valence-corrected chi connectivity index (χ0v) is 15.9. The van der Waals surface area contributed by atoms with Gasteiger partial charge in [0.2, 0.25) is 0 Å². The fourth-order valence-corrected chi connectivity index (χ4v) is 3.65. The van der Waals surface area contributed by atoms with Gasteiger partial charge in [0, 0.05) is 30.3 Å². The quantitative estimate of drug-likeness (QED) is 0.768. The molecule has 0 saturated carbocycles. The van der Waals surface area contributed by atoms with Gasteiger partial charge < -0.3 is 9.47 Å². The van der Waals surface area contributed by atoms with E-state index in [0.717, 1.165) is 24.2 Å². The lowest BCUT2D eigenvalue weighted by Gasteiger charge is -2.53. The summed E-state index contributed by atoms with van der Waals surface area (Å²) < 4.78 is 10.9. The Labute approximate surface area is 146 Å². The first-order valence-electron chi connectivity index (χ1n) is 8.70. The van der Waals surface area contributed by atoms with Crippen molar-refractivity contribution in [1.82, 2.24) is 4.90 Å². The highest BCUT2D eigenvalue weighted by Gasteiger charge is 2.44. The smallest absolute Gasteiger partial charge is 0.306 e. The van der Waals surface area contributed by atoms with Crippen LogP contribution in [0.25, 0.3) is 0 Å². The van der Waals surface area contributed by atoms with Crippen molar-refractivity contribution in [3.8, 4) is 5.75 Å². The first-order chi connectivity index (χ1) is 11.1. The summed E-state index contributed by atoms with van der Waals surface area (Å²) in [6.45, 7) is 8.86. The number of methoxy groups -OCH3 is 1. The van der Waals surface area contributed by atoms with Crippen molar-refractivity contribution in [2.75, 3.05) is 14.2 Å². The summed E-state index contributed by atoms with van der Waals surface area (Å²) in [4.78, 5) is 14.6. The average molecular weight is 333 g/mol. The van der Waals surface area contributed by atoms with Gasteiger partial charge in [0.15, 0.2) is 0 Å². The van der Waals surface area contributed by atoms with Gasteiger partial charge in [-0.1, -0.05) is 12.1 Å². The summed E-state index contributed by atoms with van der Waals surface area (Å²) >= 11 is 0. The van der Waals surface area contributed by atoms with Gasteiger partial charge in [0.05, 0.1) is 7.11 Å². The Morgan fingerprint density at radius 1 is 1.12 bits per heavy atom. The molecule has 1 heterocycles. The first kappa shape index (κ1) is 18.8. The zero-order chi connectivity index (χ0) is 18.0. The number of likely N-dealkylation sites (tertiary alicyclic amines) is 1. The van der Waals surface area contributed by atoms with Crippen LogP contribution < -0.4 is 4.74 Å². The van der Waals surface area contributed by atoms with Crippen molar-refractivity contribution in [1.29, 1.82) is 0 Å². The normalized spacial score (nSPS) is 20.6. The van der Waals surface area contributed by atoms with Crippen molar-refractivity contribution in [3.05, 3.63) is 29.8 Å². The monoisotopic (exact) mass is 333 g/mol. The predicted octanol–water partition coefficient (Wildman–Crippen LogP) is 3.82. The van der Waals surface area contributed by atoms with Gasteiger partial charge in [-0.3, -0.25) is 9.69 Å². The van der Waals surface area contributed by atoms with Crippen LogP contribution >= 0.6 is 0 Å². The molecule has 1 aromatic carbocycles. The van der Waals surface area contributed by atoms with Crippen LogP contribution in [-0.2, 0) is 16.0 Å². The number of carbonyl (C=O) groups is 1. The number of hydrogen-bond donors (Lipinski definition) is 0. The molecular weight excluding hydrogens is 302 g/mol. The second-order valence-electron chi connectivity index (χ2n) is 8.05. The highest BCUT2D eigenvalue weighted by Crippen LogP contribution is 2.38. The summed E-state index contributed by atoms with van der Waals surface area (Å²) in [6.07, 6.45) is 2.86. The number of aryl methyl sites for hydroxylation is 1. The van der Waals surface area contributed by atoms with Crippen LogP contribution in [0.3, 0.4) is 0 Å². The summed E-state index contributed by atoms with van der Waals surface area (Å²) in [7, 11) is 3.80. The van der Waals surface area contributed by atoms with Gasteiger partial charge in [0.25, 0.3) is 0 Å². The van der Waals surface area contributed by atoms with E-state index >= 15 is 0 Å². The van der Waals surface area contributed by atoms with Gasteiger partial charge in [-0.25, -0.2) is 0 Å². The number of nitrogens with zero attached hydrogens (tertiary/aromatic N) is 1. The number of ether oxygens (including phenoxy) is 2. The molecule has 1 aromatic rings. The number of esters is 1. The van der Waals surface area contributed by atoms with Crippen LogP contribution in [0, 0.1) is 0 Å². The molecule has 0 amide bonds. The third-order valence-corrected chi connectivity index (χ3v) is 5.35. The maximum Gasteiger partial charge on any atom is 0.306 e. The molecule has 0 atom stereocenters. The van der Waals surface area contributed by atoms with Crippen molar-refractivity contribution in [2.45, 2.75) is 70.6 Å². The minimum atomic E-state index is -0.105. The number of rotatable bonds is 5. The summed E-state index contributed by atoms with van der Waals surface area (Å²) in [5, 5.41) is 0. The molecular formula is C20H31NO3. The Hall–Kier alpha value is -1.55. The lowest BCUT2D eigenvalue weighted by Crippen LogP contribution is -2.60. The zero-order valence-electron chi connectivity index (χ0n) is 15.9. The van der Waals surface area contributed by atoms with Crippen LogP contribution in [0.4, 0.5) is 0 Å². The molecule has 4 heteroatoms. The summed E-state index contributed by atoms with van der Waals surface area (Å²) in [5.74, 6) is 0.726. The molecule has 24 heavy (non-hydrogen) atoms. The summed E-state index contributed by atoms with van der Waals surface area (Å²) in [6, 6.07) is 7.83. The standard InChI is InChI=1S/C20H31NO3/c1-19(2)13-17(14-20(3,4)21(19)5)24-18(22)12-9-15-7-10-16(23-6)11-8-15/h7-8,10-11,17H,9,12-14H2,1-6H3. The van der Waals surface area contributed by atoms with Crippen molar-refractivity contribution >= 4 is 5.97 Å². The van der Waals surface area contributed by atoms with E-state index in [4.69, 9.17) is 9.47 Å². The lowest BCUT2D eigenvalue weighted by molar-refractivity contribution is -0.158. The third-order valence-electron chi connectivity index (χ3n) is 5.35. The molecule has 4 nitrogen and oxygen atoms in total. The predicted molar refractivity (Wildman–Crippen MR) is 96.4 cm³/mol. The fourth-order valence-electron chi connectivity index (χ4n) is 3.65. The van der Waals surface area contributed by atoms with Gasteiger partial charge in [0.1, 0.15) is 11.9 Å². The fraction of sp³-hybridized carbons (Fsp3) is 0.650. The van der Waals surface area contributed by atoms with Crippen molar-refractivity contribution in [3.63, 3.8) is 0 Å². The van der Waals surface area contributed by atoms with Gasteiger partial charge >= 0.3 is 5.97 Å². The molecule has 0 unspecified atom stereocenters. The van der Waals surface area contributed by atoms with Crippen molar-refractivity contribution in [2.24, 2.45) is 0 Å². The second kappa shape index (κ2) is 7.14. The minimum Gasteiger partial charge on any atom is -0.497 e. The Balaban J connectivity index is 1.87. The minimum absolute atomic E-state index is 0.00503. The van der Waals surface area contributed by atoms with Crippen LogP contribution in [0.1, 0.15) is 52.5 Å². The average Bonchev–Trinajstić information content (AvgIpc) is 2.50. The molecule has 1 aliphatic rings. The number of carbonyl (C=O) groups excluding carboxylic acids is 1. The molecule has 2 rings (SSSR count). The molecule has 0 bridgehead atoms. The van der Waals surface area contributed by atoms with E-state index in [1.807, 2.05) is 24.3 Å². The number of piperidine rings is 1. The maximum atomic E-state index is 12.3. The molecule has 0 aromatic heterocycles. The molecule has 1 saturated heterocycles. The van der Waals surface area contributed by atoms with E-state index < -0.39 is 0 Å². The first-order valence-corrected chi connectivity index (χ1v) is 8.70. The third kappa shape index (κ3) is 4.50. The lowest BCUT2D eigenvalue weighted by atomic mass is 9.79. The second-order valence-corrected chi connectivity index (χ2v) is 8.05. The topological polar surface area (TPSA) is 38.8 Å². The van der Waals surface area contributed by atoms with E-state index in [2.05, 4.69) is 39.6 Å². The van der Waals surface area contributed by atoms with E-state index in [-0.39, 0.29) is 23.2 Å². The Morgan fingerprint density at radius 3 is 2.17 bits per heavy atom. The Morgan fingerprint density at radius 2 is 1.67 bits per heavy atom. The SMILES string of the molecule is COc1ccc(CCC(=O)OC2CC(C)(C)N(C)C(C)(C)C2)cc1. The van der Waals surface area contributed by atoms with E-state index in [1.165, 1.54) is 0 Å². The van der Waals surface area contributed by atoms with E-state index in [1.54, 1.807) is 7.11 Å². The largest absolute Gasteiger partial charge is 0.497 e. The highest BCUT2D eigenvalue weighted by atomic mass is 16.5. The molecule has 0 radical (unpaired) electrons. The Kier molecular flexibility index (Phi) is 5.59. The van der Waals surface area contributed by atoms with E-state index in [9.17, 15) is 4.79 Å². The highest BCUT2D eigenvalue weighted by molar-refractivity contribution is 5.70. The van der Waals surface area contributed by atoms with Crippen LogP contribution in [0.5, 0.6) is 5.75 Å². The molecule has 0 aliphatic carbocycles. The summed E-state index contributed by atoms with van der Waals surface area (Å²) in [5.41, 5.74) is 1.18. The van der Waals surface area contributed by atoms with Gasteiger partial charge in [-0.15, -0.1) is 0 Å². The van der Waals surface area contributed by atoms with Gasteiger partial charge in [-0.2, -0.15) is 0 Å². The van der Waals surface area contributed by atoms with Crippen LogP contribution in [0.2, 0.25) is 0 Å². The maximum absolute atomic E-state index is 12.3. The van der Waals surface area contributed by atoms with E-state index in [0.29, 0.717) is 12.8 Å². The number of benzene rings is 1. The molecule has 1 fully saturated rings. The van der Waals surface area contributed by atoms with Gasteiger partial charge in [-0.05, 0) is 58.9 Å². The van der Waals surface area contributed by atoms with Crippen molar-refractivity contribution < 1.29 is 14.3 Å². The van der Waals surface area contributed by atoms with Crippen LogP contribution in [0.15, 0.2) is 24.3 Å². The molecule has 0 spiro atoms. The Bertz CT molecular complexity index is 545.